The molecule has 0 spiro atoms. The van der Waals surface area contributed by atoms with Crippen molar-refractivity contribution >= 4 is 35.2 Å². The number of nitrogens with zero attached hydrogens (tertiary/aromatic N) is 1. The number of likely N-dealkylation sites (N-methyl/N-ethyl adjacent to an activating group) is 1. The third-order valence-electron chi connectivity index (χ3n) is 5.40. The van der Waals surface area contributed by atoms with E-state index >= 15 is 0 Å². The summed E-state index contributed by atoms with van der Waals surface area (Å²) in [6.45, 7) is 2.40. The van der Waals surface area contributed by atoms with Gasteiger partial charge in [-0.05, 0) is 35.7 Å². The zero-order valence-corrected chi connectivity index (χ0v) is 20.5. The molecule has 3 rings (SSSR count). The highest BCUT2D eigenvalue weighted by molar-refractivity contribution is 7.99. The highest BCUT2D eigenvalue weighted by Crippen LogP contribution is 2.19. The van der Waals surface area contributed by atoms with Gasteiger partial charge in [0.15, 0.2) is 0 Å². The molecule has 3 aromatic carbocycles. The molecule has 0 bridgehead atoms. The van der Waals surface area contributed by atoms with Crippen molar-refractivity contribution in [2.75, 3.05) is 12.8 Å². The number of benzene rings is 3. The summed E-state index contributed by atoms with van der Waals surface area (Å²) >= 11 is 7.60. The first-order valence-corrected chi connectivity index (χ1v) is 12.4. The maximum atomic E-state index is 13.4. The van der Waals surface area contributed by atoms with E-state index < -0.39 is 6.04 Å². The van der Waals surface area contributed by atoms with Crippen molar-refractivity contribution in [2.45, 2.75) is 31.7 Å². The van der Waals surface area contributed by atoms with Crippen LogP contribution in [0.25, 0.3) is 0 Å². The number of aryl methyl sites for hydroxylation is 1. The second kappa shape index (κ2) is 12.5. The molecule has 4 nitrogen and oxygen atoms in total. The summed E-state index contributed by atoms with van der Waals surface area (Å²) in [5.74, 6) is 0.796. The normalized spacial score (nSPS) is 11.6. The van der Waals surface area contributed by atoms with Crippen molar-refractivity contribution in [3.8, 4) is 0 Å². The van der Waals surface area contributed by atoms with Gasteiger partial charge in [0, 0.05) is 30.8 Å². The number of halogens is 1. The summed E-state index contributed by atoms with van der Waals surface area (Å²) in [6, 6.07) is 24.9. The summed E-state index contributed by atoms with van der Waals surface area (Å²) in [5, 5.41) is 3.38. The van der Waals surface area contributed by atoms with Crippen molar-refractivity contribution in [3.05, 3.63) is 106 Å². The fourth-order valence-corrected chi connectivity index (χ4v) is 4.53. The number of amides is 2. The second-order valence-corrected chi connectivity index (χ2v) is 9.37. The van der Waals surface area contributed by atoms with Gasteiger partial charge in [0.2, 0.25) is 11.8 Å². The molecule has 0 unspecified atom stereocenters. The molecule has 2 amide bonds. The van der Waals surface area contributed by atoms with Gasteiger partial charge in [-0.1, -0.05) is 83.9 Å². The molecule has 0 aliphatic carbocycles. The van der Waals surface area contributed by atoms with Crippen molar-refractivity contribution in [3.63, 3.8) is 0 Å². The first kappa shape index (κ1) is 24.9. The maximum absolute atomic E-state index is 13.4. The first-order chi connectivity index (χ1) is 16.0. The van der Waals surface area contributed by atoms with E-state index in [1.807, 2.05) is 42.5 Å². The number of carbonyl (C=O) groups is 2. The molecule has 0 radical (unpaired) electrons. The predicted molar refractivity (Wildman–Crippen MR) is 137 cm³/mol. The number of rotatable bonds is 10. The molecule has 0 aliphatic heterocycles. The Morgan fingerprint density at radius 2 is 1.55 bits per heavy atom. The molecule has 3 aromatic rings. The van der Waals surface area contributed by atoms with Crippen LogP contribution in [0.15, 0.2) is 78.9 Å². The molecular formula is C27H29ClN2O2S. The maximum Gasteiger partial charge on any atom is 0.242 e. The summed E-state index contributed by atoms with van der Waals surface area (Å²) in [4.78, 5) is 28.0. The van der Waals surface area contributed by atoms with Crippen LogP contribution in [0.1, 0.15) is 22.3 Å². The molecule has 172 valence electrons. The molecule has 0 aromatic heterocycles. The Hall–Kier alpha value is -2.76. The Morgan fingerprint density at radius 3 is 2.18 bits per heavy atom. The first-order valence-electron chi connectivity index (χ1n) is 10.9. The Morgan fingerprint density at radius 1 is 0.909 bits per heavy atom. The van der Waals surface area contributed by atoms with Gasteiger partial charge in [0.25, 0.3) is 0 Å². The van der Waals surface area contributed by atoms with Gasteiger partial charge < -0.3 is 10.2 Å². The summed E-state index contributed by atoms with van der Waals surface area (Å²) in [5.41, 5.74) is 4.32. The van der Waals surface area contributed by atoms with E-state index in [4.69, 9.17) is 11.6 Å². The van der Waals surface area contributed by atoms with Gasteiger partial charge in [0.05, 0.1) is 5.75 Å². The van der Waals surface area contributed by atoms with Crippen LogP contribution < -0.4 is 5.32 Å². The number of hydrogen-bond donors (Lipinski definition) is 1. The fraction of sp³-hybridized carbons (Fsp3) is 0.259. The van der Waals surface area contributed by atoms with Crippen LogP contribution in [0.5, 0.6) is 0 Å². The van der Waals surface area contributed by atoms with E-state index in [2.05, 4.69) is 36.5 Å². The molecule has 6 heteroatoms. The van der Waals surface area contributed by atoms with Crippen LogP contribution in [-0.4, -0.2) is 35.6 Å². The van der Waals surface area contributed by atoms with E-state index in [1.165, 1.54) is 11.1 Å². The SMILES string of the molecule is CNC(=O)[C@H](Cc1ccccc1)N(Cc1ccc(Cl)cc1)C(=O)CSCc1ccc(C)cc1. The lowest BCUT2D eigenvalue weighted by molar-refractivity contribution is -0.139. The summed E-state index contributed by atoms with van der Waals surface area (Å²) in [6.07, 6.45) is 0.447. The largest absolute Gasteiger partial charge is 0.357 e. The number of nitrogens with one attached hydrogen (secondary N) is 1. The third kappa shape index (κ3) is 7.65. The average molecular weight is 481 g/mol. The van der Waals surface area contributed by atoms with Crippen LogP contribution >= 0.6 is 23.4 Å². The Bertz CT molecular complexity index is 1040. The fourth-order valence-electron chi connectivity index (χ4n) is 3.53. The molecule has 1 atom stereocenters. The van der Waals surface area contributed by atoms with Gasteiger partial charge in [-0.2, -0.15) is 0 Å². The van der Waals surface area contributed by atoms with E-state index in [0.29, 0.717) is 23.7 Å². The molecule has 0 heterocycles. The monoisotopic (exact) mass is 480 g/mol. The summed E-state index contributed by atoms with van der Waals surface area (Å²) < 4.78 is 0. The van der Waals surface area contributed by atoms with E-state index in [1.54, 1.807) is 35.8 Å². The Labute approximate surface area is 205 Å². The molecule has 0 aliphatic rings. The Balaban J connectivity index is 1.79. The lowest BCUT2D eigenvalue weighted by Crippen LogP contribution is -2.50. The standard InChI is InChI=1S/C27H29ClN2O2S/c1-20-8-10-23(11-9-20)18-33-19-26(31)30(17-22-12-14-24(28)15-13-22)25(27(32)29-2)16-21-6-4-3-5-7-21/h3-15,25H,16-19H2,1-2H3,(H,29,32)/t25-/m0/s1. The lowest BCUT2D eigenvalue weighted by Gasteiger charge is -2.31. The summed E-state index contributed by atoms with van der Waals surface area (Å²) in [7, 11) is 1.61. The minimum atomic E-state index is -0.611. The second-order valence-electron chi connectivity index (χ2n) is 7.95. The Kier molecular flexibility index (Phi) is 9.40. The number of hydrogen-bond acceptors (Lipinski definition) is 3. The minimum Gasteiger partial charge on any atom is -0.357 e. The smallest absolute Gasteiger partial charge is 0.242 e. The zero-order valence-electron chi connectivity index (χ0n) is 19.0. The lowest BCUT2D eigenvalue weighted by atomic mass is 10.0. The highest BCUT2D eigenvalue weighted by Gasteiger charge is 2.29. The van der Waals surface area contributed by atoms with Gasteiger partial charge in [-0.15, -0.1) is 11.8 Å². The topological polar surface area (TPSA) is 49.4 Å². The van der Waals surface area contributed by atoms with Gasteiger partial charge in [0.1, 0.15) is 6.04 Å². The molecule has 33 heavy (non-hydrogen) atoms. The molecule has 0 fully saturated rings. The van der Waals surface area contributed by atoms with Gasteiger partial charge >= 0.3 is 0 Å². The molecule has 0 saturated heterocycles. The van der Waals surface area contributed by atoms with Crippen molar-refractivity contribution in [2.24, 2.45) is 0 Å². The van der Waals surface area contributed by atoms with E-state index in [9.17, 15) is 9.59 Å². The van der Waals surface area contributed by atoms with Gasteiger partial charge in [-0.25, -0.2) is 0 Å². The predicted octanol–water partition coefficient (Wildman–Crippen LogP) is 5.27. The molecular weight excluding hydrogens is 452 g/mol. The molecule has 0 saturated carbocycles. The van der Waals surface area contributed by atoms with Crippen molar-refractivity contribution in [1.29, 1.82) is 0 Å². The number of carbonyl (C=O) groups excluding carboxylic acids is 2. The minimum absolute atomic E-state index is 0.0633. The van der Waals surface area contributed by atoms with E-state index in [0.717, 1.165) is 16.9 Å². The third-order valence-corrected chi connectivity index (χ3v) is 6.64. The quantitative estimate of drug-likeness (QED) is 0.430. The number of thioether (sulfide) groups is 1. The van der Waals surface area contributed by atoms with E-state index in [-0.39, 0.29) is 11.8 Å². The average Bonchev–Trinajstić information content (AvgIpc) is 2.83. The van der Waals surface area contributed by atoms with Crippen LogP contribution in [-0.2, 0) is 28.3 Å². The van der Waals surface area contributed by atoms with Crippen LogP contribution in [0, 0.1) is 6.92 Å². The molecule has 1 N–H and O–H groups in total. The van der Waals surface area contributed by atoms with Crippen molar-refractivity contribution in [1.82, 2.24) is 10.2 Å². The van der Waals surface area contributed by atoms with Crippen LogP contribution in [0.3, 0.4) is 0 Å². The highest BCUT2D eigenvalue weighted by atomic mass is 35.5. The zero-order chi connectivity index (χ0) is 23.6. The van der Waals surface area contributed by atoms with Gasteiger partial charge in [-0.3, -0.25) is 9.59 Å². The van der Waals surface area contributed by atoms with Crippen LogP contribution in [0.4, 0.5) is 0 Å². The van der Waals surface area contributed by atoms with Crippen LogP contribution in [0.2, 0.25) is 5.02 Å². The van der Waals surface area contributed by atoms with Crippen molar-refractivity contribution < 1.29 is 9.59 Å².